The molecule has 0 aliphatic carbocycles. The maximum Gasteiger partial charge on any atom is 0.272 e. The van der Waals surface area contributed by atoms with Crippen LogP contribution in [-0.4, -0.2) is 18.7 Å². The molecule has 0 radical (unpaired) electrons. The van der Waals surface area contributed by atoms with Crippen LogP contribution in [0.3, 0.4) is 0 Å². The van der Waals surface area contributed by atoms with Gasteiger partial charge in [0.05, 0.1) is 32.9 Å². The molecule has 166 valence electrons. The number of hydrazone groups is 1. The molecule has 1 N–H and O–H groups in total. The van der Waals surface area contributed by atoms with Crippen LogP contribution in [0.5, 0.6) is 11.5 Å². The molecule has 0 heterocycles. The van der Waals surface area contributed by atoms with Crippen molar-refractivity contribution >= 4 is 67.2 Å². The van der Waals surface area contributed by atoms with Crippen LogP contribution in [0.15, 0.2) is 68.6 Å². The van der Waals surface area contributed by atoms with E-state index in [2.05, 4.69) is 42.4 Å². The third kappa shape index (κ3) is 6.48. The predicted molar refractivity (Wildman–Crippen MR) is 135 cm³/mol. The van der Waals surface area contributed by atoms with E-state index in [9.17, 15) is 4.79 Å². The molecule has 0 aromatic heterocycles. The van der Waals surface area contributed by atoms with Crippen LogP contribution in [0.4, 0.5) is 0 Å². The summed E-state index contributed by atoms with van der Waals surface area (Å²) in [7, 11) is 0. The highest BCUT2D eigenvalue weighted by Gasteiger charge is 2.13. The molecule has 1 amide bonds. The molecule has 0 aliphatic heterocycles. The van der Waals surface area contributed by atoms with Crippen molar-refractivity contribution in [1.82, 2.24) is 5.43 Å². The van der Waals surface area contributed by atoms with Gasteiger partial charge in [-0.05, 0) is 86.3 Å². The quantitative estimate of drug-likeness (QED) is 0.219. The Labute approximate surface area is 213 Å². The van der Waals surface area contributed by atoms with Crippen molar-refractivity contribution in [3.63, 3.8) is 0 Å². The minimum Gasteiger partial charge on any atom is -0.490 e. The molecule has 0 aliphatic rings. The molecule has 3 aromatic carbocycles. The molecule has 0 unspecified atom stereocenters. The number of hydrogen-bond acceptors (Lipinski definition) is 4. The van der Waals surface area contributed by atoms with Gasteiger partial charge in [0.1, 0.15) is 6.61 Å². The van der Waals surface area contributed by atoms with E-state index >= 15 is 0 Å². The largest absolute Gasteiger partial charge is 0.490 e. The van der Waals surface area contributed by atoms with E-state index in [-0.39, 0.29) is 12.5 Å². The summed E-state index contributed by atoms with van der Waals surface area (Å²) in [6, 6.07) is 16.0. The van der Waals surface area contributed by atoms with Crippen molar-refractivity contribution in [2.75, 3.05) is 6.61 Å². The average Bonchev–Trinajstić information content (AvgIpc) is 2.76. The third-order valence-electron chi connectivity index (χ3n) is 4.20. The molecule has 3 aromatic rings. The lowest BCUT2D eigenvalue weighted by atomic mass is 10.2. The fourth-order valence-corrected chi connectivity index (χ4v) is 4.08. The molecule has 0 saturated heterocycles. The van der Waals surface area contributed by atoms with Crippen molar-refractivity contribution in [1.29, 1.82) is 0 Å². The Bertz CT molecular complexity index is 1160. The third-order valence-corrected chi connectivity index (χ3v) is 6.22. The van der Waals surface area contributed by atoms with E-state index in [0.29, 0.717) is 42.7 Å². The molecule has 0 atom stereocenters. The highest BCUT2D eigenvalue weighted by Crippen LogP contribution is 2.37. The Morgan fingerprint density at radius 3 is 2.53 bits per heavy atom. The Morgan fingerprint density at radius 2 is 1.81 bits per heavy atom. The number of carbonyl (C=O) groups is 1. The maximum atomic E-state index is 12.3. The second kappa shape index (κ2) is 11.7. The fourth-order valence-electron chi connectivity index (χ4n) is 2.72. The van der Waals surface area contributed by atoms with Crippen LogP contribution >= 0.6 is 55.1 Å². The predicted octanol–water partition coefficient (Wildman–Crippen LogP) is 7.26. The first-order valence-electron chi connectivity index (χ1n) is 9.50. The Kier molecular flexibility index (Phi) is 8.99. The van der Waals surface area contributed by atoms with Crippen molar-refractivity contribution in [3.8, 4) is 11.5 Å². The van der Waals surface area contributed by atoms with E-state index in [1.807, 2.05) is 25.1 Å². The summed E-state index contributed by atoms with van der Waals surface area (Å²) in [6.07, 6.45) is 1.53. The van der Waals surface area contributed by atoms with Gasteiger partial charge < -0.3 is 9.47 Å². The van der Waals surface area contributed by atoms with Crippen LogP contribution in [0.25, 0.3) is 0 Å². The first kappa shape index (κ1) is 24.6. The molecule has 0 bridgehead atoms. The number of hydrogen-bond donors (Lipinski definition) is 1. The summed E-state index contributed by atoms with van der Waals surface area (Å²) >= 11 is 18.9. The van der Waals surface area contributed by atoms with Crippen LogP contribution < -0.4 is 14.9 Å². The number of nitrogens with zero attached hydrogens (tertiary/aromatic N) is 1. The van der Waals surface area contributed by atoms with Crippen molar-refractivity contribution < 1.29 is 14.3 Å². The molecule has 32 heavy (non-hydrogen) atoms. The minimum absolute atomic E-state index is 0.283. The van der Waals surface area contributed by atoms with Crippen molar-refractivity contribution in [3.05, 3.63) is 90.3 Å². The SMILES string of the molecule is CCOc1cc(/C=N/NC(=O)c2ccccc2Br)cc(Br)c1OCc1ccc(Cl)c(Cl)c1. The molecule has 0 fully saturated rings. The van der Waals surface area contributed by atoms with Crippen LogP contribution in [-0.2, 0) is 6.61 Å². The van der Waals surface area contributed by atoms with Gasteiger partial charge in [0, 0.05) is 4.47 Å². The van der Waals surface area contributed by atoms with E-state index in [1.54, 1.807) is 36.4 Å². The maximum absolute atomic E-state index is 12.3. The Morgan fingerprint density at radius 1 is 1.03 bits per heavy atom. The zero-order valence-corrected chi connectivity index (χ0v) is 21.6. The summed E-state index contributed by atoms with van der Waals surface area (Å²) in [5.41, 5.74) is 4.60. The number of benzene rings is 3. The summed E-state index contributed by atoms with van der Waals surface area (Å²) < 4.78 is 13.1. The van der Waals surface area contributed by atoms with Gasteiger partial charge in [-0.1, -0.05) is 41.4 Å². The second-order valence-corrected chi connectivity index (χ2v) is 9.00. The molecule has 0 saturated carbocycles. The molecule has 3 rings (SSSR count). The minimum atomic E-state index is -0.320. The van der Waals surface area contributed by atoms with Crippen molar-refractivity contribution in [2.45, 2.75) is 13.5 Å². The summed E-state index contributed by atoms with van der Waals surface area (Å²) in [5.74, 6) is 0.771. The van der Waals surface area contributed by atoms with Gasteiger partial charge in [-0.3, -0.25) is 4.79 Å². The second-order valence-electron chi connectivity index (χ2n) is 6.48. The summed E-state index contributed by atoms with van der Waals surface area (Å²) in [5, 5.41) is 5.01. The molecule has 5 nitrogen and oxygen atoms in total. The van der Waals surface area contributed by atoms with E-state index in [1.165, 1.54) is 6.21 Å². The Hall–Kier alpha value is -2.06. The number of nitrogens with one attached hydrogen (secondary N) is 1. The zero-order valence-electron chi connectivity index (χ0n) is 16.9. The monoisotopic (exact) mass is 598 g/mol. The molecular weight excluding hydrogens is 583 g/mol. The van der Waals surface area contributed by atoms with E-state index < -0.39 is 0 Å². The molecular formula is C23H18Br2Cl2N2O3. The average molecular weight is 601 g/mol. The van der Waals surface area contributed by atoms with E-state index in [0.717, 1.165) is 11.1 Å². The van der Waals surface area contributed by atoms with Gasteiger partial charge in [-0.2, -0.15) is 5.10 Å². The highest BCUT2D eigenvalue weighted by atomic mass is 79.9. The lowest BCUT2D eigenvalue weighted by Crippen LogP contribution is -2.18. The van der Waals surface area contributed by atoms with Crippen LogP contribution in [0, 0.1) is 0 Å². The summed E-state index contributed by atoms with van der Waals surface area (Å²) in [4.78, 5) is 12.3. The first-order chi connectivity index (χ1) is 15.4. The fraction of sp³-hybridized carbons (Fsp3) is 0.130. The lowest BCUT2D eigenvalue weighted by Gasteiger charge is -2.15. The smallest absolute Gasteiger partial charge is 0.272 e. The standard InChI is InChI=1S/C23H18Br2Cl2N2O3/c1-2-31-21-11-15(12-28-29-23(30)16-5-3-4-6-17(16)24)9-18(25)22(21)32-13-14-7-8-19(26)20(27)10-14/h3-12H,2,13H2,1H3,(H,29,30)/b28-12+. The number of halogens is 4. The van der Waals surface area contributed by atoms with Gasteiger partial charge in [-0.25, -0.2) is 5.43 Å². The zero-order chi connectivity index (χ0) is 23.1. The number of carbonyl (C=O) groups excluding carboxylic acids is 1. The lowest BCUT2D eigenvalue weighted by molar-refractivity contribution is 0.0954. The van der Waals surface area contributed by atoms with Gasteiger partial charge >= 0.3 is 0 Å². The number of rotatable bonds is 8. The van der Waals surface area contributed by atoms with Gasteiger partial charge in [0.15, 0.2) is 11.5 Å². The van der Waals surface area contributed by atoms with Gasteiger partial charge in [0.2, 0.25) is 0 Å². The highest BCUT2D eigenvalue weighted by molar-refractivity contribution is 9.10. The molecule has 0 spiro atoms. The van der Waals surface area contributed by atoms with Gasteiger partial charge in [-0.15, -0.1) is 0 Å². The number of amides is 1. The first-order valence-corrected chi connectivity index (χ1v) is 11.8. The summed E-state index contributed by atoms with van der Waals surface area (Å²) in [6.45, 7) is 2.62. The van der Waals surface area contributed by atoms with Crippen molar-refractivity contribution in [2.24, 2.45) is 5.10 Å². The van der Waals surface area contributed by atoms with Crippen LogP contribution in [0.2, 0.25) is 10.0 Å². The number of ether oxygens (including phenoxy) is 2. The van der Waals surface area contributed by atoms with E-state index in [4.69, 9.17) is 32.7 Å². The topological polar surface area (TPSA) is 59.9 Å². The normalized spacial score (nSPS) is 10.9. The van der Waals surface area contributed by atoms with Gasteiger partial charge in [0.25, 0.3) is 5.91 Å². The molecule has 9 heteroatoms. The van der Waals surface area contributed by atoms with Crippen LogP contribution in [0.1, 0.15) is 28.4 Å². The Balaban J connectivity index is 1.74.